The third-order valence-electron chi connectivity index (χ3n) is 2.58. The van der Waals surface area contributed by atoms with Crippen molar-refractivity contribution in [3.63, 3.8) is 0 Å². The first-order chi connectivity index (χ1) is 8.58. The first-order valence-electron chi connectivity index (χ1n) is 5.80. The quantitative estimate of drug-likeness (QED) is 0.858. The van der Waals surface area contributed by atoms with Crippen molar-refractivity contribution in [2.45, 2.75) is 13.8 Å². The molecule has 0 bridgehead atoms. The SMILES string of the molecule is C=C(C)Nc1cccc2c(NC(C)=O)cccc12. The minimum absolute atomic E-state index is 0.0687. The lowest BCUT2D eigenvalue weighted by atomic mass is 10.1. The lowest BCUT2D eigenvalue weighted by molar-refractivity contribution is -0.114. The highest BCUT2D eigenvalue weighted by molar-refractivity contribution is 6.05. The number of benzene rings is 2. The Morgan fingerprint density at radius 3 is 1.89 bits per heavy atom. The summed E-state index contributed by atoms with van der Waals surface area (Å²) in [4.78, 5) is 11.2. The van der Waals surface area contributed by atoms with E-state index in [4.69, 9.17) is 0 Å². The van der Waals surface area contributed by atoms with Gasteiger partial charge in [-0.25, -0.2) is 0 Å². The zero-order chi connectivity index (χ0) is 13.1. The third kappa shape index (κ3) is 2.51. The second-order valence-corrected chi connectivity index (χ2v) is 4.29. The third-order valence-corrected chi connectivity index (χ3v) is 2.58. The van der Waals surface area contributed by atoms with Crippen molar-refractivity contribution in [3.8, 4) is 0 Å². The van der Waals surface area contributed by atoms with E-state index in [0.717, 1.165) is 27.8 Å². The summed E-state index contributed by atoms with van der Waals surface area (Å²) in [5.74, 6) is -0.0687. The van der Waals surface area contributed by atoms with Crippen LogP contribution in [0.25, 0.3) is 10.8 Å². The summed E-state index contributed by atoms with van der Waals surface area (Å²) in [7, 11) is 0. The van der Waals surface area contributed by atoms with Gasteiger partial charge in [-0.2, -0.15) is 0 Å². The van der Waals surface area contributed by atoms with Crippen molar-refractivity contribution in [1.82, 2.24) is 0 Å². The Morgan fingerprint density at radius 1 is 0.944 bits per heavy atom. The van der Waals surface area contributed by atoms with Crippen molar-refractivity contribution >= 4 is 28.1 Å². The summed E-state index contributed by atoms with van der Waals surface area (Å²) >= 11 is 0. The smallest absolute Gasteiger partial charge is 0.221 e. The van der Waals surface area contributed by atoms with Crippen LogP contribution in [0, 0.1) is 0 Å². The number of hydrogen-bond acceptors (Lipinski definition) is 2. The van der Waals surface area contributed by atoms with E-state index in [1.807, 2.05) is 43.3 Å². The van der Waals surface area contributed by atoms with Gasteiger partial charge in [-0.1, -0.05) is 30.8 Å². The highest BCUT2D eigenvalue weighted by Gasteiger charge is 2.05. The lowest BCUT2D eigenvalue weighted by Crippen LogP contribution is -2.06. The van der Waals surface area contributed by atoms with Gasteiger partial charge in [0, 0.05) is 34.8 Å². The second-order valence-electron chi connectivity index (χ2n) is 4.29. The molecule has 0 saturated heterocycles. The van der Waals surface area contributed by atoms with Gasteiger partial charge in [-0.05, 0) is 19.1 Å². The molecule has 0 atom stereocenters. The number of hydrogen-bond donors (Lipinski definition) is 2. The summed E-state index contributed by atoms with van der Waals surface area (Å²) in [6, 6.07) is 11.8. The molecule has 0 aliphatic heterocycles. The Bertz CT molecular complexity index is 562. The summed E-state index contributed by atoms with van der Waals surface area (Å²) in [5, 5.41) is 8.14. The molecule has 0 aliphatic rings. The molecule has 0 aromatic heterocycles. The van der Waals surface area contributed by atoms with Gasteiger partial charge >= 0.3 is 0 Å². The van der Waals surface area contributed by atoms with Gasteiger partial charge in [-0.15, -0.1) is 0 Å². The van der Waals surface area contributed by atoms with Crippen molar-refractivity contribution in [2.75, 3.05) is 10.6 Å². The topological polar surface area (TPSA) is 41.1 Å². The van der Waals surface area contributed by atoms with E-state index in [1.165, 1.54) is 6.92 Å². The molecular formula is C15H16N2O. The maximum Gasteiger partial charge on any atom is 0.221 e. The fourth-order valence-corrected chi connectivity index (χ4v) is 1.95. The van der Waals surface area contributed by atoms with Crippen LogP contribution in [0.1, 0.15) is 13.8 Å². The van der Waals surface area contributed by atoms with Gasteiger partial charge in [0.1, 0.15) is 0 Å². The summed E-state index contributed by atoms with van der Waals surface area (Å²) in [6.45, 7) is 7.27. The fourth-order valence-electron chi connectivity index (χ4n) is 1.95. The number of carbonyl (C=O) groups excluding carboxylic acids is 1. The van der Waals surface area contributed by atoms with Crippen LogP contribution >= 0.6 is 0 Å². The first kappa shape index (κ1) is 12.2. The summed E-state index contributed by atoms with van der Waals surface area (Å²) < 4.78 is 0. The molecule has 3 nitrogen and oxygen atoms in total. The molecule has 0 spiro atoms. The number of amides is 1. The van der Waals surface area contributed by atoms with Crippen LogP contribution in [0.2, 0.25) is 0 Å². The fraction of sp³-hybridized carbons (Fsp3) is 0.133. The monoisotopic (exact) mass is 240 g/mol. The van der Waals surface area contributed by atoms with Crippen LogP contribution in [0.15, 0.2) is 48.7 Å². The molecule has 92 valence electrons. The number of nitrogens with one attached hydrogen (secondary N) is 2. The van der Waals surface area contributed by atoms with Crippen molar-refractivity contribution in [2.24, 2.45) is 0 Å². The van der Waals surface area contributed by atoms with Crippen molar-refractivity contribution in [3.05, 3.63) is 48.7 Å². The molecule has 2 rings (SSSR count). The van der Waals surface area contributed by atoms with E-state index in [0.29, 0.717) is 0 Å². The van der Waals surface area contributed by atoms with Crippen LogP contribution in [0.4, 0.5) is 11.4 Å². The molecule has 2 N–H and O–H groups in total. The van der Waals surface area contributed by atoms with E-state index in [-0.39, 0.29) is 5.91 Å². The predicted octanol–water partition coefficient (Wildman–Crippen LogP) is 3.74. The number of rotatable bonds is 3. The highest BCUT2D eigenvalue weighted by Crippen LogP contribution is 2.29. The Labute approximate surface area is 107 Å². The van der Waals surface area contributed by atoms with E-state index in [9.17, 15) is 4.79 Å². The van der Waals surface area contributed by atoms with Gasteiger partial charge in [0.2, 0.25) is 5.91 Å². The van der Waals surface area contributed by atoms with Crippen LogP contribution in [-0.4, -0.2) is 5.91 Å². The molecule has 1 amide bonds. The molecule has 0 saturated carbocycles. The molecule has 3 heteroatoms. The van der Waals surface area contributed by atoms with Crippen LogP contribution < -0.4 is 10.6 Å². The lowest BCUT2D eigenvalue weighted by Gasteiger charge is -2.12. The van der Waals surface area contributed by atoms with E-state index in [2.05, 4.69) is 17.2 Å². The number of carbonyl (C=O) groups is 1. The van der Waals surface area contributed by atoms with Crippen LogP contribution in [0.5, 0.6) is 0 Å². The van der Waals surface area contributed by atoms with E-state index >= 15 is 0 Å². The molecular weight excluding hydrogens is 224 g/mol. The van der Waals surface area contributed by atoms with Gasteiger partial charge in [0.25, 0.3) is 0 Å². The molecule has 18 heavy (non-hydrogen) atoms. The summed E-state index contributed by atoms with van der Waals surface area (Å²) in [6.07, 6.45) is 0. The average Bonchev–Trinajstić information content (AvgIpc) is 2.29. The van der Waals surface area contributed by atoms with Gasteiger partial charge < -0.3 is 10.6 Å². The summed E-state index contributed by atoms with van der Waals surface area (Å²) in [5.41, 5.74) is 2.70. The maximum atomic E-state index is 11.2. The standard InChI is InChI=1S/C15H16N2O/c1-10(2)16-14-8-4-7-13-12(14)6-5-9-15(13)17-11(3)18/h4-9,16H,1H2,2-3H3,(H,17,18). The number of allylic oxidation sites excluding steroid dienone is 1. The maximum absolute atomic E-state index is 11.2. The minimum Gasteiger partial charge on any atom is -0.359 e. The second kappa shape index (κ2) is 4.92. The van der Waals surface area contributed by atoms with Gasteiger partial charge in [-0.3, -0.25) is 4.79 Å². The molecule has 2 aromatic carbocycles. The van der Waals surface area contributed by atoms with Crippen molar-refractivity contribution < 1.29 is 4.79 Å². The molecule has 2 aromatic rings. The molecule has 0 fully saturated rings. The predicted molar refractivity (Wildman–Crippen MR) is 76.7 cm³/mol. The largest absolute Gasteiger partial charge is 0.359 e. The van der Waals surface area contributed by atoms with Crippen LogP contribution in [0.3, 0.4) is 0 Å². The van der Waals surface area contributed by atoms with Crippen molar-refractivity contribution in [1.29, 1.82) is 0 Å². The molecule has 0 heterocycles. The Morgan fingerprint density at radius 2 is 1.44 bits per heavy atom. The minimum atomic E-state index is -0.0687. The zero-order valence-electron chi connectivity index (χ0n) is 10.6. The van der Waals surface area contributed by atoms with E-state index in [1.54, 1.807) is 0 Å². The highest BCUT2D eigenvalue weighted by atomic mass is 16.1. The Kier molecular flexibility index (Phi) is 3.33. The van der Waals surface area contributed by atoms with Crippen LogP contribution in [-0.2, 0) is 4.79 Å². The number of fused-ring (bicyclic) bond motifs is 1. The Balaban J connectivity index is 2.57. The van der Waals surface area contributed by atoms with Gasteiger partial charge in [0.15, 0.2) is 0 Å². The van der Waals surface area contributed by atoms with E-state index < -0.39 is 0 Å². The average molecular weight is 240 g/mol. The first-order valence-corrected chi connectivity index (χ1v) is 5.80. The molecule has 0 unspecified atom stereocenters. The Hall–Kier alpha value is -2.29. The number of anilines is 2. The van der Waals surface area contributed by atoms with Gasteiger partial charge in [0.05, 0.1) is 0 Å². The molecule has 0 radical (unpaired) electrons. The zero-order valence-corrected chi connectivity index (χ0v) is 10.6. The normalized spacial score (nSPS) is 10.1. The molecule has 0 aliphatic carbocycles.